The van der Waals surface area contributed by atoms with E-state index in [4.69, 9.17) is 9.84 Å². The quantitative estimate of drug-likeness (QED) is 0.598. The average molecular weight is 264 g/mol. The lowest BCUT2D eigenvalue weighted by Gasteiger charge is -2.09. The SMILES string of the molecule is CCOC(=O)c1ccc(CC(=O)O)c(CCC=O)c1. The molecule has 0 fully saturated rings. The molecule has 5 nitrogen and oxygen atoms in total. The average Bonchev–Trinajstić information content (AvgIpc) is 2.37. The number of ether oxygens (including phenoxy) is 1. The first-order chi connectivity index (χ1) is 9.08. The number of esters is 1. The Labute approximate surface area is 111 Å². The van der Waals surface area contributed by atoms with Crippen molar-refractivity contribution >= 4 is 18.2 Å². The fourth-order valence-corrected chi connectivity index (χ4v) is 1.75. The molecule has 0 bridgehead atoms. The van der Waals surface area contributed by atoms with Crippen LogP contribution in [0.4, 0.5) is 0 Å². The molecule has 0 radical (unpaired) electrons. The van der Waals surface area contributed by atoms with Gasteiger partial charge in [-0.3, -0.25) is 4.79 Å². The summed E-state index contributed by atoms with van der Waals surface area (Å²) in [6.45, 7) is 1.99. The highest BCUT2D eigenvalue weighted by atomic mass is 16.5. The fraction of sp³-hybridized carbons (Fsp3) is 0.357. The fourth-order valence-electron chi connectivity index (χ4n) is 1.75. The molecule has 1 aromatic carbocycles. The molecule has 0 atom stereocenters. The summed E-state index contributed by atoms with van der Waals surface area (Å²) in [7, 11) is 0. The van der Waals surface area contributed by atoms with E-state index < -0.39 is 11.9 Å². The van der Waals surface area contributed by atoms with Crippen LogP contribution in [-0.4, -0.2) is 29.9 Å². The number of carboxylic acids is 1. The van der Waals surface area contributed by atoms with Crippen molar-refractivity contribution in [1.29, 1.82) is 0 Å². The molecule has 0 saturated heterocycles. The number of hydrogen-bond acceptors (Lipinski definition) is 4. The van der Waals surface area contributed by atoms with Crippen LogP contribution in [0.15, 0.2) is 18.2 Å². The lowest BCUT2D eigenvalue weighted by atomic mass is 9.98. The van der Waals surface area contributed by atoms with Gasteiger partial charge in [-0.25, -0.2) is 4.79 Å². The van der Waals surface area contributed by atoms with Crippen LogP contribution in [0.3, 0.4) is 0 Å². The molecule has 0 unspecified atom stereocenters. The van der Waals surface area contributed by atoms with Gasteiger partial charge < -0.3 is 14.6 Å². The maximum absolute atomic E-state index is 11.6. The minimum atomic E-state index is -0.948. The first-order valence-electron chi connectivity index (χ1n) is 6.02. The minimum Gasteiger partial charge on any atom is -0.481 e. The van der Waals surface area contributed by atoms with Crippen molar-refractivity contribution in [2.24, 2.45) is 0 Å². The predicted molar refractivity (Wildman–Crippen MR) is 68.1 cm³/mol. The summed E-state index contributed by atoms with van der Waals surface area (Å²) in [6.07, 6.45) is 1.34. The number of carbonyl (C=O) groups excluding carboxylic acids is 2. The summed E-state index contributed by atoms with van der Waals surface area (Å²) < 4.78 is 4.88. The van der Waals surface area contributed by atoms with E-state index >= 15 is 0 Å². The van der Waals surface area contributed by atoms with Crippen molar-refractivity contribution in [3.8, 4) is 0 Å². The van der Waals surface area contributed by atoms with Gasteiger partial charge in [-0.05, 0) is 36.6 Å². The second-order valence-electron chi connectivity index (χ2n) is 3.98. The van der Waals surface area contributed by atoms with Crippen LogP contribution in [0.2, 0.25) is 0 Å². The van der Waals surface area contributed by atoms with E-state index in [9.17, 15) is 14.4 Å². The number of rotatable bonds is 7. The molecule has 0 saturated carbocycles. The first-order valence-corrected chi connectivity index (χ1v) is 6.02. The lowest BCUT2D eigenvalue weighted by molar-refractivity contribution is -0.136. The van der Waals surface area contributed by atoms with E-state index in [0.29, 0.717) is 29.5 Å². The van der Waals surface area contributed by atoms with Crippen LogP contribution in [0, 0.1) is 0 Å². The number of aliphatic carboxylic acids is 1. The van der Waals surface area contributed by atoms with Crippen LogP contribution >= 0.6 is 0 Å². The zero-order valence-corrected chi connectivity index (χ0v) is 10.7. The van der Waals surface area contributed by atoms with Gasteiger partial charge in [0, 0.05) is 6.42 Å². The van der Waals surface area contributed by atoms with Crippen LogP contribution in [-0.2, 0) is 27.2 Å². The molecule has 0 aromatic heterocycles. The number of carbonyl (C=O) groups is 3. The van der Waals surface area contributed by atoms with Crippen molar-refractivity contribution in [3.63, 3.8) is 0 Å². The monoisotopic (exact) mass is 264 g/mol. The van der Waals surface area contributed by atoms with Gasteiger partial charge >= 0.3 is 11.9 Å². The summed E-state index contributed by atoms with van der Waals surface area (Å²) in [5, 5.41) is 8.82. The first kappa shape index (κ1) is 14.9. The number of aldehydes is 1. The molecular weight excluding hydrogens is 248 g/mol. The molecule has 1 N–H and O–H groups in total. The molecule has 1 aromatic rings. The van der Waals surface area contributed by atoms with Gasteiger partial charge in [0.15, 0.2) is 0 Å². The van der Waals surface area contributed by atoms with Gasteiger partial charge in [0.1, 0.15) is 6.29 Å². The Balaban J connectivity index is 3.02. The van der Waals surface area contributed by atoms with Crippen molar-refractivity contribution in [2.75, 3.05) is 6.61 Å². The maximum atomic E-state index is 11.6. The van der Waals surface area contributed by atoms with E-state index in [-0.39, 0.29) is 13.0 Å². The van der Waals surface area contributed by atoms with Gasteiger partial charge in [0.2, 0.25) is 0 Å². The molecule has 0 spiro atoms. The summed E-state index contributed by atoms with van der Waals surface area (Å²) in [6, 6.07) is 4.74. The molecule has 0 aliphatic heterocycles. The van der Waals surface area contributed by atoms with Gasteiger partial charge in [-0.15, -0.1) is 0 Å². The Morgan fingerprint density at radius 3 is 2.63 bits per heavy atom. The van der Waals surface area contributed by atoms with E-state index in [2.05, 4.69) is 0 Å². The Kier molecular flexibility index (Phi) is 5.73. The molecule has 0 aliphatic carbocycles. The molecular formula is C14H16O5. The third kappa shape index (κ3) is 4.54. The summed E-state index contributed by atoms with van der Waals surface area (Å²) in [5.74, 6) is -1.40. The zero-order chi connectivity index (χ0) is 14.3. The molecule has 0 aliphatic rings. The van der Waals surface area contributed by atoms with Gasteiger partial charge in [0.05, 0.1) is 18.6 Å². The molecule has 1 rings (SSSR count). The smallest absolute Gasteiger partial charge is 0.338 e. The Hall–Kier alpha value is -2.17. The Morgan fingerprint density at radius 2 is 2.05 bits per heavy atom. The Bertz CT molecular complexity index is 479. The summed E-state index contributed by atoms with van der Waals surface area (Å²) in [4.78, 5) is 32.8. The van der Waals surface area contributed by atoms with Crippen molar-refractivity contribution < 1.29 is 24.2 Å². The predicted octanol–water partition coefficient (Wildman–Crippen LogP) is 1.62. The van der Waals surface area contributed by atoms with Gasteiger partial charge in [-0.2, -0.15) is 0 Å². The molecule has 0 amide bonds. The van der Waals surface area contributed by atoms with Crippen LogP contribution in [0.1, 0.15) is 34.8 Å². The molecule has 102 valence electrons. The third-order valence-electron chi connectivity index (χ3n) is 2.59. The van der Waals surface area contributed by atoms with Gasteiger partial charge in [-0.1, -0.05) is 6.07 Å². The van der Waals surface area contributed by atoms with Gasteiger partial charge in [0.25, 0.3) is 0 Å². The third-order valence-corrected chi connectivity index (χ3v) is 2.59. The highest BCUT2D eigenvalue weighted by Gasteiger charge is 2.12. The number of carboxylic acid groups (broad SMARTS) is 1. The molecule has 5 heteroatoms. The van der Waals surface area contributed by atoms with Crippen molar-refractivity contribution in [2.45, 2.75) is 26.2 Å². The highest BCUT2D eigenvalue weighted by molar-refractivity contribution is 5.90. The second-order valence-corrected chi connectivity index (χ2v) is 3.98. The van der Waals surface area contributed by atoms with E-state index in [1.165, 1.54) is 0 Å². The maximum Gasteiger partial charge on any atom is 0.338 e. The summed E-state index contributed by atoms with van der Waals surface area (Å²) in [5.41, 5.74) is 1.68. The zero-order valence-electron chi connectivity index (χ0n) is 10.7. The number of hydrogen-bond donors (Lipinski definition) is 1. The standard InChI is InChI=1S/C14H16O5/c1-2-19-14(18)12-6-5-11(9-13(16)17)10(8-12)4-3-7-15/h5-8H,2-4,9H2,1H3,(H,16,17). The van der Waals surface area contributed by atoms with Crippen LogP contribution in [0.25, 0.3) is 0 Å². The summed E-state index contributed by atoms with van der Waals surface area (Å²) >= 11 is 0. The number of benzene rings is 1. The second kappa shape index (κ2) is 7.31. The van der Waals surface area contributed by atoms with Crippen LogP contribution in [0.5, 0.6) is 0 Å². The molecule has 19 heavy (non-hydrogen) atoms. The minimum absolute atomic E-state index is 0.128. The largest absolute Gasteiger partial charge is 0.481 e. The lowest BCUT2D eigenvalue weighted by Crippen LogP contribution is -2.08. The van der Waals surface area contributed by atoms with Crippen LogP contribution < -0.4 is 0 Å². The highest BCUT2D eigenvalue weighted by Crippen LogP contribution is 2.16. The molecule has 0 heterocycles. The van der Waals surface area contributed by atoms with E-state index in [1.54, 1.807) is 25.1 Å². The topological polar surface area (TPSA) is 80.7 Å². The van der Waals surface area contributed by atoms with Crippen molar-refractivity contribution in [1.82, 2.24) is 0 Å². The number of aryl methyl sites for hydroxylation is 1. The van der Waals surface area contributed by atoms with E-state index in [0.717, 1.165) is 6.29 Å². The van der Waals surface area contributed by atoms with Crippen molar-refractivity contribution in [3.05, 3.63) is 34.9 Å². The van der Waals surface area contributed by atoms with E-state index in [1.807, 2.05) is 0 Å². The normalized spacial score (nSPS) is 9.95. The Morgan fingerprint density at radius 1 is 1.32 bits per heavy atom.